The average molecular weight is 353 g/mol. The monoisotopic (exact) mass is 353 g/mol. The van der Waals surface area contributed by atoms with Crippen LogP contribution in [0.2, 0.25) is 0 Å². The molecule has 130 valence electrons. The molecule has 0 aromatic carbocycles. The van der Waals surface area contributed by atoms with E-state index in [-0.39, 0.29) is 24.7 Å². The van der Waals surface area contributed by atoms with Crippen LogP contribution in [-0.2, 0) is 16.2 Å². The molecule has 2 rings (SSSR count). The topological polar surface area (TPSA) is 73.7 Å². The van der Waals surface area contributed by atoms with E-state index in [1.54, 1.807) is 4.90 Å². The molecule has 1 N–H and O–H groups in total. The van der Waals surface area contributed by atoms with Gasteiger partial charge in [-0.05, 0) is 12.1 Å². The molecule has 1 aliphatic rings. The van der Waals surface area contributed by atoms with E-state index >= 15 is 0 Å². The third-order valence-electron chi connectivity index (χ3n) is 3.79. The number of halogens is 3. The number of sulfonamides is 1. The van der Waals surface area contributed by atoms with Crippen LogP contribution in [0.1, 0.15) is 5.56 Å². The summed E-state index contributed by atoms with van der Waals surface area (Å²) in [7, 11) is -0.652. The maximum absolute atomic E-state index is 12.5. The number of rotatable bonds is 4. The smallest absolute Gasteiger partial charge is 0.391 e. The molecule has 2 heterocycles. The lowest BCUT2D eigenvalue weighted by atomic mass is 10.1. The van der Waals surface area contributed by atoms with Crippen molar-refractivity contribution in [2.45, 2.75) is 12.3 Å². The summed E-state index contributed by atoms with van der Waals surface area (Å²) in [6.07, 6.45) is -4.61. The molecule has 1 aromatic rings. The Hall–Kier alpha value is -1.39. The van der Waals surface area contributed by atoms with Gasteiger partial charge in [0, 0.05) is 39.3 Å². The molecule has 0 radical (unpaired) electrons. The van der Waals surface area contributed by atoms with Crippen molar-refractivity contribution in [3.8, 4) is 0 Å². The van der Waals surface area contributed by atoms with Gasteiger partial charge in [0.25, 0.3) is 0 Å². The van der Waals surface area contributed by atoms with Crippen LogP contribution in [0.25, 0.3) is 0 Å². The summed E-state index contributed by atoms with van der Waals surface area (Å²) >= 11 is 0. The minimum atomic E-state index is -4.46. The van der Waals surface area contributed by atoms with Crippen molar-refractivity contribution in [2.24, 2.45) is 5.92 Å². The predicted octanol–water partition coefficient (Wildman–Crippen LogP) is 0.789. The summed E-state index contributed by atoms with van der Waals surface area (Å²) in [5.41, 5.74) is -0.854. The Balaban J connectivity index is 2.09. The number of aliphatic hydroxyl groups is 1. The first-order valence-electron chi connectivity index (χ1n) is 6.87. The molecule has 0 spiro atoms. The fraction of sp³-hybridized carbons (Fsp3) is 0.615. The Labute approximate surface area is 132 Å². The van der Waals surface area contributed by atoms with Gasteiger partial charge < -0.3 is 10.0 Å². The number of aliphatic hydroxyl groups excluding tert-OH is 1. The van der Waals surface area contributed by atoms with Crippen LogP contribution < -0.4 is 4.90 Å². The highest BCUT2D eigenvalue weighted by Gasteiger charge is 2.36. The zero-order chi connectivity index (χ0) is 17.4. The van der Waals surface area contributed by atoms with Crippen molar-refractivity contribution >= 4 is 15.8 Å². The Kier molecular flexibility index (Phi) is 4.88. The van der Waals surface area contributed by atoms with Gasteiger partial charge in [0.15, 0.2) is 0 Å². The zero-order valence-corrected chi connectivity index (χ0v) is 13.5. The lowest BCUT2D eigenvalue weighted by Gasteiger charge is -2.18. The number of aromatic nitrogens is 1. The van der Waals surface area contributed by atoms with E-state index in [0.29, 0.717) is 0 Å². The van der Waals surface area contributed by atoms with Gasteiger partial charge >= 0.3 is 6.18 Å². The van der Waals surface area contributed by atoms with E-state index in [1.807, 2.05) is 0 Å². The first-order chi connectivity index (χ1) is 10.5. The van der Waals surface area contributed by atoms with E-state index in [9.17, 15) is 26.7 Å². The van der Waals surface area contributed by atoms with Gasteiger partial charge in [-0.15, -0.1) is 0 Å². The van der Waals surface area contributed by atoms with Crippen molar-refractivity contribution in [3.05, 3.63) is 23.9 Å². The molecule has 0 aliphatic carbocycles. The maximum atomic E-state index is 12.5. The Bertz CT molecular complexity index is 647. The number of β-amino-alcohol motifs (C(OH)–C–C–N with tert-alkyl or cyclic N) is 1. The fourth-order valence-electron chi connectivity index (χ4n) is 2.37. The molecular weight excluding hydrogens is 335 g/mol. The van der Waals surface area contributed by atoms with Crippen molar-refractivity contribution in [2.75, 3.05) is 37.8 Å². The van der Waals surface area contributed by atoms with Crippen LogP contribution in [0, 0.1) is 5.92 Å². The van der Waals surface area contributed by atoms with Gasteiger partial charge in [0.05, 0.1) is 17.4 Å². The quantitative estimate of drug-likeness (QED) is 0.866. The van der Waals surface area contributed by atoms with Crippen molar-refractivity contribution in [3.63, 3.8) is 0 Å². The molecule has 1 aliphatic heterocycles. The van der Waals surface area contributed by atoms with Crippen LogP contribution in [-0.4, -0.2) is 61.9 Å². The summed E-state index contributed by atoms with van der Waals surface area (Å²) in [4.78, 5) is 5.35. The van der Waals surface area contributed by atoms with Gasteiger partial charge in [-0.25, -0.2) is 17.7 Å². The van der Waals surface area contributed by atoms with Crippen molar-refractivity contribution in [1.29, 1.82) is 0 Å². The van der Waals surface area contributed by atoms with Gasteiger partial charge in [-0.3, -0.25) is 0 Å². The van der Waals surface area contributed by atoms with E-state index in [4.69, 9.17) is 0 Å². The molecule has 2 atom stereocenters. The Morgan fingerprint density at radius 1 is 1.35 bits per heavy atom. The summed E-state index contributed by atoms with van der Waals surface area (Å²) in [6, 6.07) is 2.14. The molecule has 1 fully saturated rings. The molecule has 0 saturated carbocycles. The third-order valence-corrected chi connectivity index (χ3v) is 5.75. The van der Waals surface area contributed by atoms with E-state index in [1.165, 1.54) is 20.2 Å². The molecule has 1 aromatic heterocycles. The van der Waals surface area contributed by atoms with Crippen LogP contribution in [0.3, 0.4) is 0 Å². The second kappa shape index (κ2) is 6.25. The van der Waals surface area contributed by atoms with E-state index in [0.717, 1.165) is 16.6 Å². The van der Waals surface area contributed by atoms with Crippen LogP contribution in [0.4, 0.5) is 19.0 Å². The average Bonchev–Trinajstić information content (AvgIpc) is 2.78. The first kappa shape index (κ1) is 18.0. The number of anilines is 1. The largest absolute Gasteiger partial charge is 0.417 e. The summed E-state index contributed by atoms with van der Waals surface area (Å²) in [6.45, 7) is 0.346. The highest BCUT2D eigenvalue weighted by Crippen LogP contribution is 2.30. The molecule has 0 bridgehead atoms. The van der Waals surface area contributed by atoms with Crippen molar-refractivity contribution < 1.29 is 26.7 Å². The summed E-state index contributed by atoms with van der Waals surface area (Å²) in [5, 5.41) is 10.0. The number of alkyl halides is 3. The van der Waals surface area contributed by atoms with Crippen LogP contribution >= 0.6 is 0 Å². The molecular formula is C13H18F3N3O3S. The minimum Gasteiger partial charge on any atom is -0.391 e. The number of hydrogen-bond donors (Lipinski definition) is 1. The van der Waals surface area contributed by atoms with Gasteiger partial charge in [-0.1, -0.05) is 0 Å². The normalized spacial score (nSPS) is 22.8. The molecule has 10 heteroatoms. The number of hydrogen-bond acceptors (Lipinski definition) is 5. The third kappa shape index (κ3) is 4.12. The summed E-state index contributed by atoms with van der Waals surface area (Å²) in [5.74, 6) is -0.466. The van der Waals surface area contributed by atoms with Crippen LogP contribution in [0.15, 0.2) is 18.3 Å². The molecule has 23 heavy (non-hydrogen) atoms. The van der Waals surface area contributed by atoms with E-state index < -0.39 is 33.8 Å². The van der Waals surface area contributed by atoms with Gasteiger partial charge in [-0.2, -0.15) is 13.2 Å². The zero-order valence-electron chi connectivity index (χ0n) is 12.7. The number of pyridine rings is 1. The predicted molar refractivity (Wildman–Crippen MR) is 78.4 cm³/mol. The van der Waals surface area contributed by atoms with Gasteiger partial charge in [0.1, 0.15) is 5.82 Å². The maximum Gasteiger partial charge on any atom is 0.417 e. The highest BCUT2D eigenvalue weighted by molar-refractivity contribution is 7.89. The second-order valence-electron chi connectivity index (χ2n) is 5.70. The SMILES string of the molecule is CN(C)S(=O)(=O)C[C@@H]1CN(c2ccc(C(F)(F)F)cn2)C[C@@H]1O. The minimum absolute atomic E-state index is 0.131. The van der Waals surface area contributed by atoms with Crippen LogP contribution in [0.5, 0.6) is 0 Å². The highest BCUT2D eigenvalue weighted by atomic mass is 32.2. The first-order valence-corrected chi connectivity index (χ1v) is 8.48. The van der Waals surface area contributed by atoms with Gasteiger partial charge in [0.2, 0.25) is 10.0 Å². The fourth-order valence-corrected chi connectivity index (χ4v) is 3.53. The second-order valence-corrected chi connectivity index (χ2v) is 7.92. The Morgan fingerprint density at radius 2 is 2.00 bits per heavy atom. The van der Waals surface area contributed by atoms with Crippen molar-refractivity contribution in [1.82, 2.24) is 9.29 Å². The number of nitrogens with zero attached hydrogens (tertiary/aromatic N) is 3. The molecule has 0 unspecified atom stereocenters. The summed E-state index contributed by atoms with van der Waals surface area (Å²) < 4.78 is 62.4. The standard InChI is InChI=1S/C13H18F3N3O3S/c1-18(2)23(21,22)8-9-6-19(7-11(9)20)12-4-3-10(5-17-12)13(14,15)16/h3-5,9,11,20H,6-8H2,1-2H3/t9-,11-/m0/s1. The lowest BCUT2D eigenvalue weighted by molar-refractivity contribution is -0.137. The molecule has 1 saturated heterocycles. The Morgan fingerprint density at radius 3 is 2.48 bits per heavy atom. The van der Waals surface area contributed by atoms with E-state index in [2.05, 4.69) is 4.98 Å². The lowest BCUT2D eigenvalue weighted by Crippen LogP contribution is -2.33. The molecule has 0 amide bonds. The molecule has 6 nitrogen and oxygen atoms in total.